The summed E-state index contributed by atoms with van der Waals surface area (Å²) >= 11 is 1.61. The van der Waals surface area contributed by atoms with E-state index in [2.05, 4.69) is 30.7 Å². The van der Waals surface area contributed by atoms with E-state index < -0.39 is 5.41 Å². The fourth-order valence-corrected chi connectivity index (χ4v) is 4.90. The van der Waals surface area contributed by atoms with Crippen LogP contribution in [0.4, 0.5) is 5.82 Å². The van der Waals surface area contributed by atoms with E-state index in [9.17, 15) is 4.79 Å². The Bertz CT molecular complexity index is 768. The zero-order chi connectivity index (χ0) is 17.3. The van der Waals surface area contributed by atoms with Gasteiger partial charge in [-0.1, -0.05) is 44.7 Å². The second kappa shape index (κ2) is 6.52. The summed E-state index contributed by atoms with van der Waals surface area (Å²) in [5.41, 5.74) is 4.33. The van der Waals surface area contributed by atoms with Crippen LogP contribution in [0.3, 0.4) is 0 Å². The summed E-state index contributed by atoms with van der Waals surface area (Å²) in [5, 5.41) is 3.45. The van der Waals surface area contributed by atoms with Gasteiger partial charge in [0.25, 0.3) is 0 Å². The molecule has 1 aliphatic carbocycles. The van der Waals surface area contributed by atoms with Crippen molar-refractivity contribution in [2.45, 2.75) is 45.4 Å². The Hall–Kier alpha value is -1.94. The van der Waals surface area contributed by atoms with Gasteiger partial charge in [0.05, 0.1) is 15.8 Å². The van der Waals surface area contributed by atoms with Crippen molar-refractivity contribution < 1.29 is 4.79 Å². The number of thiazole rings is 1. The number of fused-ring (bicyclic) bond motifs is 1. The minimum absolute atomic E-state index is 0.247. The van der Waals surface area contributed by atoms with Gasteiger partial charge >= 0.3 is 0 Å². The third-order valence-electron chi connectivity index (χ3n) is 5.16. The lowest BCUT2D eigenvalue weighted by atomic mass is 9.64. The minimum Gasteiger partial charge on any atom is -0.342 e. The van der Waals surface area contributed by atoms with E-state index in [1.165, 1.54) is 0 Å². The van der Waals surface area contributed by atoms with E-state index in [-0.39, 0.29) is 5.78 Å². The largest absolute Gasteiger partial charge is 0.342 e. The van der Waals surface area contributed by atoms with Crippen LogP contribution in [0.25, 0.3) is 0 Å². The van der Waals surface area contributed by atoms with Crippen LogP contribution in [-0.2, 0) is 10.2 Å². The summed E-state index contributed by atoms with van der Waals surface area (Å²) in [6.07, 6.45) is 10.3. The van der Waals surface area contributed by atoms with E-state index >= 15 is 0 Å². The summed E-state index contributed by atoms with van der Waals surface area (Å²) in [6, 6.07) is 0. The summed E-state index contributed by atoms with van der Waals surface area (Å²) in [6.45, 7) is 10.7. The van der Waals surface area contributed by atoms with Gasteiger partial charge in [0.1, 0.15) is 5.82 Å². The molecule has 1 aromatic heterocycles. The molecule has 1 N–H and O–H groups in total. The number of carbonyl (C=O) groups is 1. The molecule has 0 spiro atoms. The third kappa shape index (κ3) is 2.40. The van der Waals surface area contributed by atoms with Crippen LogP contribution in [0.5, 0.6) is 0 Å². The summed E-state index contributed by atoms with van der Waals surface area (Å²) in [5.74, 6) is 1.48. The van der Waals surface area contributed by atoms with Gasteiger partial charge < -0.3 is 5.32 Å². The second-order valence-corrected chi connectivity index (χ2v) is 7.33. The number of allylic oxidation sites excluding steroid dienone is 7. The number of nitrogens with one attached hydrogen (secondary N) is 1. The van der Waals surface area contributed by atoms with Gasteiger partial charge in [-0.15, -0.1) is 11.3 Å². The molecule has 0 unspecified atom stereocenters. The molecule has 4 heteroatoms. The highest BCUT2D eigenvalue weighted by atomic mass is 32.1. The summed E-state index contributed by atoms with van der Waals surface area (Å²) in [4.78, 5) is 18.5. The molecular weight excluding hydrogens is 316 g/mol. The van der Waals surface area contributed by atoms with Crippen molar-refractivity contribution in [3.05, 3.63) is 58.1 Å². The number of hydrogen-bond acceptors (Lipinski definition) is 4. The van der Waals surface area contributed by atoms with Crippen LogP contribution < -0.4 is 5.32 Å². The molecule has 0 saturated heterocycles. The average Bonchev–Trinajstić information content (AvgIpc) is 3.05. The molecule has 0 saturated carbocycles. The number of carbonyl (C=O) groups excluding carboxylic acids is 1. The van der Waals surface area contributed by atoms with Crippen LogP contribution in [0.1, 0.15) is 44.9 Å². The van der Waals surface area contributed by atoms with Crippen molar-refractivity contribution in [3.8, 4) is 0 Å². The maximum atomic E-state index is 12.9. The lowest BCUT2D eigenvalue weighted by Gasteiger charge is -2.43. The summed E-state index contributed by atoms with van der Waals surface area (Å²) in [7, 11) is 0. The molecule has 0 fully saturated rings. The van der Waals surface area contributed by atoms with Gasteiger partial charge in [0, 0.05) is 17.7 Å². The Morgan fingerprint density at radius 1 is 1.54 bits per heavy atom. The molecular formula is C20H24N2OS. The lowest BCUT2D eigenvalue weighted by Crippen LogP contribution is -2.41. The van der Waals surface area contributed by atoms with Crippen LogP contribution in [-0.4, -0.2) is 10.8 Å². The third-order valence-corrected chi connectivity index (χ3v) is 6.15. The van der Waals surface area contributed by atoms with Crippen molar-refractivity contribution >= 4 is 22.9 Å². The summed E-state index contributed by atoms with van der Waals surface area (Å²) < 4.78 is 0. The van der Waals surface area contributed by atoms with Crippen molar-refractivity contribution in [2.75, 3.05) is 5.32 Å². The molecule has 1 aromatic rings. The van der Waals surface area contributed by atoms with Gasteiger partial charge in [-0.25, -0.2) is 4.98 Å². The molecule has 0 aromatic carbocycles. The van der Waals surface area contributed by atoms with E-state index in [0.717, 1.165) is 40.4 Å². The van der Waals surface area contributed by atoms with Gasteiger partial charge in [-0.3, -0.25) is 4.79 Å². The normalized spacial score (nSPS) is 26.6. The predicted octanol–water partition coefficient (Wildman–Crippen LogP) is 5.16. The standard InChI is InChI=1S/C20H24N2OS/c1-5-7-8-9-14(4)20(6-2)16-15(23)11-10-13(3)17(16)22-19-18(20)24-12-21-19/h5,7-9,12-13,22H,4,6,10-11H2,1-3H3/b7-5-,9-8-/t13-,20+/m0/s1. The monoisotopic (exact) mass is 340 g/mol. The van der Waals surface area contributed by atoms with Crippen molar-refractivity contribution in [1.82, 2.24) is 4.98 Å². The molecule has 3 rings (SSSR count). The minimum atomic E-state index is -0.457. The number of Topliss-reactive ketones (excluding diaryl/α,β-unsaturated/α-hetero) is 1. The second-order valence-electron chi connectivity index (χ2n) is 6.48. The number of anilines is 1. The molecule has 0 radical (unpaired) electrons. The maximum Gasteiger partial charge on any atom is 0.161 e. The number of ketones is 1. The van der Waals surface area contributed by atoms with Crippen molar-refractivity contribution in [1.29, 1.82) is 0 Å². The van der Waals surface area contributed by atoms with E-state index in [1.54, 1.807) is 11.3 Å². The fourth-order valence-electron chi connectivity index (χ4n) is 3.84. The number of nitrogens with zero attached hydrogens (tertiary/aromatic N) is 1. The maximum absolute atomic E-state index is 12.9. The van der Waals surface area contributed by atoms with Crippen LogP contribution in [0, 0.1) is 5.92 Å². The SMILES string of the molecule is C=C(/C=C\C=C/C)[C@]1(CC)C2=C(Nc3ncsc31)[C@@H](C)CCC2=O. The molecule has 2 heterocycles. The van der Waals surface area contributed by atoms with E-state index in [0.29, 0.717) is 12.3 Å². The van der Waals surface area contributed by atoms with E-state index in [4.69, 9.17) is 0 Å². The van der Waals surface area contributed by atoms with Gasteiger partial charge in [0.15, 0.2) is 5.78 Å². The van der Waals surface area contributed by atoms with Gasteiger partial charge in [-0.2, -0.15) is 0 Å². The zero-order valence-corrected chi connectivity index (χ0v) is 15.4. The first-order valence-corrected chi connectivity index (χ1v) is 9.41. The van der Waals surface area contributed by atoms with Crippen LogP contribution in [0.15, 0.2) is 53.2 Å². The van der Waals surface area contributed by atoms with Crippen LogP contribution >= 0.6 is 11.3 Å². The number of rotatable bonds is 4. The smallest absolute Gasteiger partial charge is 0.161 e. The number of hydrogen-bond donors (Lipinski definition) is 1. The highest BCUT2D eigenvalue weighted by molar-refractivity contribution is 7.10. The first kappa shape index (κ1) is 16.9. The Kier molecular flexibility index (Phi) is 4.59. The molecule has 0 bridgehead atoms. The molecule has 0 amide bonds. The Balaban J connectivity index is 2.24. The molecule has 1 aliphatic heterocycles. The fraction of sp³-hybridized carbons (Fsp3) is 0.400. The van der Waals surface area contributed by atoms with Crippen molar-refractivity contribution in [3.63, 3.8) is 0 Å². The molecule has 126 valence electrons. The molecule has 24 heavy (non-hydrogen) atoms. The molecule has 2 aliphatic rings. The first-order valence-electron chi connectivity index (χ1n) is 8.53. The lowest BCUT2D eigenvalue weighted by molar-refractivity contribution is -0.117. The highest BCUT2D eigenvalue weighted by Gasteiger charge is 2.49. The Morgan fingerprint density at radius 2 is 2.33 bits per heavy atom. The Morgan fingerprint density at radius 3 is 3.04 bits per heavy atom. The quantitative estimate of drug-likeness (QED) is 0.770. The van der Waals surface area contributed by atoms with Gasteiger partial charge in [0.2, 0.25) is 0 Å². The van der Waals surface area contributed by atoms with Crippen molar-refractivity contribution in [2.24, 2.45) is 5.92 Å². The topological polar surface area (TPSA) is 42.0 Å². The number of aromatic nitrogens is 1. The zero-order valence-electron chi connectivity index (χ0n) is 14.6. The average molecular weight is 340 g/mol. The van der Waals surface area contributed by atoms with Gasteiger partial charge in [-0.05, 0) is 31.3 Å². The van der Waals surface area contributed by atoms with Crippen LogP contribution in [0.2, 0.25) is 0 Å². The first-order chi connectivity index (χ1) is 11.6. The molecule has 3 nitrogen and oxygen atoms in total. The highest BCUT2D eigenvalue weighted by Crippen LogP contribution is 2.54. The predicted molar refractivity (Wildman–Crippen MR) is 101 cm³/mol. The Labute approximate surface area is 147 Å². The molecule has 2 atom stereocenters. The van der Waals surface area contributed by atoms with E-state index in [1.807, 2.05) is 36.7 Å².